The van der Waals surface area contributed by atoms with E-state index in [4.69, 9.17) is 5.73 Å². The molecule has 1 aromatic rings. The van der Waals surface area contributed by atoms with Crippen LogP contribution in [0.15, 0.2) is 29.9 Å². The summed E-state index contributed by atoms with van der Waals surface area (Å²) >= 11 is 0. The van der Waals surface area contributed by atoms with Crippen molar-refractivity contribution in [3.05, 3.63) is 35.6 Å². The Bertz CT molecular complexity index is 414. The largest absolute Gasteiger partial charge is 0.368 e. The van der Waals surface area contributed by atoms with Crippen LogP contribution in [0.3, 0.4) is 0 Å². The van der Waals surface area contributed by atoms with Crippen molar-refractivity contribution in [2.75, 3.05) is 17.6 Å². The third kappa shape index (κ3) is 2.82. The van der Waals surface area contributed by atoms with E-state index in [9.17, 15) is 0 Å². The highest BCUT2D eigenvalue weighted by Crippen LogP contribution is 2.13. The molecule has 1 aromatic heterocycles. The summed E-state index contributed by atoms with van der Waals surface area (Å²) < 4.78 is 0. The molecule has 0 saturated heterocycles. The first-order chi connectivity index (χ1) is 7.74. The number of allylic oxidation sites excluding steroid dienone is 3. The quantitative estimate of drug-likeness (QED) is 0.811. The van der Waals surface area contributed by atoms with Crippen LogP contribution in [0.25, 0.3) is 0 Å². The van der Waals surface area contributed by atoms with Gasteiger partial charge < -0.3 is 11.1 Å². The molecule has 1 aliphatic rings. The molecule has 1 heterocycles. The minimum atomic E-state index is 0.319. The standard InChI is InChI=1S/C12H16N4/c1-9-7-11(16-12(13)15-9)14-8-10-5-3-2-4-6-10/h2-3,5,7H,4,6,8H2,1H3,(H3,13,14,15,16). The van der Waals surface area contributed by atoms with E-state index < -0.39 is 0 Å². The number of nitrogens with zero attached hydrogens (tertiary/aromatic N) is 2. The van der Waals surface area contributed by atoms with Gasteiger partial charge in [-0.1, -0.05) is 23.8 Å². The second-order valence-electron chi connectivity index (χ2n) is 3.90. The summed E-state index contributed by atoms with van der Waals surface area (Å²) in [5, 5.41) is 3.26. The SMILES string of the molecule is Cc1cc(NCC2=CC=CCC2)nc(N)n1. The van der Waals surface area contributed by atoms with Crippen LogP contribution in [-0.4, -0.2) is 16.5 Å². The zero-order valence-electron chi connectivity index (χ0n) is 9.40. The van der Waals surface area contributed by atoms with Crippen LogP contribution in [-0.2, 0) is 0 Å². The van der Waals surface area contributed by atoms with Crippen molar-refractivity contribution in [3.63, 3.8) is 0 Å². The van der Waals surface area contributed by atoms with Gasteiger partial charge in [-0.15, -0.1) is 0 Å². The molecule has 16 heavy (non-hydrogen) atoms. The smallest absolute Gasteiger partial charge is 0.222 e. The topological polar surface area (TPSA) is 63.8 Å². The molecule has 0 amide bonds. The van der Waals surface area contributed by atoms with Crippen LogP contribution < -0.4 is 11.1 Å². The Morgan fingerprint density at radius 3 is 3.00 bits per heavy atom. The number of aromatic nitrogens is 2. The van der Waals surface area contributed by atoms with Crippen molar-refractivity contribution < 1.29 is 0 Å². The van der Waals surface area contributed by atoms with E-state index in [-0.39, 0.29) is 0 Å². The van der Waals surface area contributed by atoms with Crippen LogP contribution >= 0.6 is 0 Å². The zero-order valence-corrected chi connectivity index (χ0v) is 9.40. The Morgan fingerprint density at radius 2 is 2.31 bits per heavy atom. The number of hydrogen-bond acceptors (Lipinski definition) is 4. The highest BCUT2D eigenvalue weighted by atomic mass is 15.1. The van der Waals surface area contributed by atoms with Crippen molar-refractivity contribution in [3.8, 4) is 0 Å². The molecule has 0 aromatic carbocycles. The second kappa shape index (κ2) is 4.79. The van der Waals surface area contributed by atoms with Gasteiger partial charge in [0.2, 0.25) is 5.95 Å². The Morgan fingerprint density at radius 1 is 1.44 bits per heavy atom. The predicted octanol–water partition coefficient (Wildman–Crippen LogP) is 2.06. The highest BCUT2D eigenvalue weighted by molar-refractivity contribution is 5.41. The van der Waals surface area contributed by atoms with Crippen LogP contribution in [0, 0.1) is 6.92 Å². The van der Waals surface area contributed by atoms with Gasteiger partial charge in [-0.05, 0) is 19.8 Å². The molecule has 0 atom stereocenters. The summed E-state index contributed by atoms with van der Waals surface area (Å²) in [4.78, 5) is 8.16. The summed E-state index contributed by atoms with van der Waals surface area (Å²) in [6.07, 6.45) is 8.66. The van der Waals surface area contributed by atoms with E-state index in [0.29, 0.717) is 5.95 Å². The van der Waals surface area contributed by atoms with Crippen molar-refractivity contribution in [1.29, 1.82) is 0 Å². The average molecular weight is 216 g/mol. The molecule has 2 rings (SSSR count). The molecular formula is C12H16N4. The summed E-state index contributed by atoms with van der Waals surface area (Å²) in [7, 11) is 0. The summed E-state index contributed by atoms with van der Waals surface area (Å²) in [5.74, 6) is 1.11. The Labute approximate surface area is 95.3 Å². The lowest BCUT2D eigenvalue weighted by atomic mass is 10.1. The number of aryl methyl sites for hydroxylation is 1. The minimum Gasteiger partial charge on any atom is -0.368 e. The predicted molar refractivity (Wildman–Crippen MR) is 66.1 cm³/mol. The van der Waals surface area contributed by atoms with Gasteiger partial charge >= 0.3 is 0 Å². The maximum atomic E-state index is 5.58. The van der Waals surface area contributed by atoms with E-state index in [2.05, 4.69) is 33.5 Å². The highest BCUT2D eigenvalue weighted by Gasteiger charge is 2.02. The zero-order chi connectivity index (χ0) is 11.4. The molecule has 0 spiro atoms. The van der Waals surface area contributed by atoms with Crippen molar-refractivity contribution >= 4 is 11.8 Å². The normalized spacial score (nSPS) is 14.7. The fourth-order valence-corrected chi connectivity index (χ4v) is 1.69. The van der Waals surface area contributed by atoms with Crippen molar-refractivity contribution in [1.82, 2.24) is 9.97 Å². The first-order valence-electron chi connectivity index (χ1n) is 5.43. The van der Waals surface area contributed by atoms with Gasteiger partial charge in [0.15, 0.2) is 0 Å². The molecule has 84 valence electrons. The van der Waals surface area contributed by atoms with Crippen LogP contribution in [0.2, 0.25) is 0 Å². The molecule has 0 bridgehead atoms. The van der Waals surface area contributed by atoms with E-state index >= 15 is 0 Å². The molecule has 0 unspecified atom stereocenters. The molecule has 0 aliphatic heterocycles. The van der Waals surface area contributed by atoms with Crippen LogP contribution in [0.1, 0.15) is 18.5 Å². The van der Waals surface area contributed by atoms with Gasteiger partial charge in [-0.2, -0.15) is 4.98 Å². The number of nitrogen functional groups attached to an aromatic ring is 1. The molecule has 4 nitrogen and oxygen atoms in total. The van der Waals surface area contributed by atoms with E-state index in [1.165, 1.54) is 5.57 Å². The lowest BCUT2D eigenvalue weighted by Crippen LogP contribution is -2.09. The Hall–Kier alpha value is -1.84. The Balaban J connectivity index is 1.99. The molecule has 0 saturated carbocycles. The monoisotopic (exact) mass is 216 g/mol. The molecule has 0 radical (unpaired) electrons. The van der Waals surface area contributed by atoms with Gasteiger partial charge in [0, 0.05) is 18.3 Å². The minimum absolute atomic E-state index is 0.319. The molecule has 1 aliphatic carbocycles. The molecule has 0 fully saturated rings. The molecule has 4 heteroatoms. The third-order valence-electron chi connectivity index (χ3n) is 2.47. The fraction of sp³-hybridized carbons (Fsp3) is 0.333. The Kier molecular flexibility index (Phi) is 3.19. The number of rotatable bonds is 3. The fourth-order valence-electron chi connectivity index (χ4n) is 1.69. The number of anilines is 2. The number of hydrogen-bond donors (Lipinski definition) is 2. The summed E-state index contributed by atoms with van der Waals surface area (Å²) in [6, 6.07) is 1.90. The first-order valence-corrected chi connectivity index (χ1v) is 5.43. The van der Waals surface area contributed by atoms with E-state index in [0.717, 1.165) is 30.9 Å². The van der Waals surface area contributed by atoms with Gasteiger partial charge in [0.05, 0.1) is 0 Å². The van der Waals surface area contributed by atoms with Crippen LogP contribution in [0.5, 0.6) is 0 Å². The van der Waals surface area contributed by atoms with Crippen LogP contribution in [0.4, 0.5) is 11.8 Å². The van der Waals surface area contributed by atoms with Crippen molar-refractivity contribution in [2.24, 2.45) is 0 Å². The second-order valence-corrected chi connectivity index (χ2v) is 3.90. The van der Waals surface area contributed by atoms with Gasteiger partial charge in [0.25, 0.3) is 0 Å². The summed E-state index contributed by atoms with van der Waals surface area (Å²) in [6.45, 7) is 2.73. The van der Waals surface area contributed by atoms with Gasteiger partial charge in [-0.25, -0.2) is 4.98 Å². The number of nitrogens with one attached hydrogen (secondary N) is 1. The van der Waals surface area contributed by atoms with Gasteiger partial charge in [0.1, 0.15) is 5.82 Å². The lowest BCUT2D eigenvalue weighted by molar-refractivity contribution is 0.929. The maximum absolute atomic E-state index is 5.58. The summed E-state index contributed by atoms with van der Waals surface area (Å²) in [5.41, 5.74) is 7.85. The third-order valence-corrected chi connectivity index (χ3v) is 2.47. The van der Waals surface area contributed by atoms with E-state index in [1.807, 2.05) is 13.0 Å². The van der Waals surface area contributed by atoms with E-state index in [1.54, 1.807) is 0 Å². The van der Waals surface area contributed by atoms with Crippen molar-refractivity contribution in [2.45, 2.75) is 19.8 Å². The molecule has 3 N–H and O–H groups in total. The first kappa shape index (κ1) is 10.7. The average Bonchev–Trinajstić information content (AvgIpc) is 2.27. The lowest BCUT2D eigenvalue weighted by Gasteiger charge is -2.11. The van der Waals surface area contributed by atoms with Gasteiger partial charge in [-0.3, -0.25) is 0 Å². The number of nitrogens with two attached hydrogens (primary N) is 1. The molecular weight excluding hydrogens is 200 g/mol. The maximum Gasteiger partial charge on any atom is 0.222 e.